The molecular formula is C16H18ClNO. The van der Waals surface area contributed by atoms with E-state index in [1.54, 1.807) is 6.07 Å². The third-order valence-electron chi connectivity index (χ3n) is 3.28. The van der Waals surface area contributed by atoms with Gasteiger partial charge in [-0.25, -0.2) is 0 Å². The Hall–Kier alpha value is -1.51. The quantitative estimate of drug-likeness (QED) is 0.874. The zero-order chi connectivity index (χ0) is 14.0. The van der Waals surface area contributed by atoms with Gasteiger partial charge in [-0.1, -0.05) is 55.8 Å². The van der Waals surface area contributed by atoms with Crippen LogP contribution in [0.1, 0.15) is 25.5 Å². The Morgan fingerprint density at radius 1 is 1.05 bits per heavy atom. The molecule has 2 aromatic rings. The molecule has 0 aliphatic heterocycles. The molecule has 3 heteroatoms. The number of phenolic OH excluding ortho intramolecular Hbond substituents is 1. The van der Waals surface area contributed by atoms with Crippen molar-refractivity contribution in [3.63, 3.8) is 0 Å². The number of benzene rings is 2. The molecular weight excluding hydrogens is 258 g/mol. The Bertz CT molecular complexity index is 566. The average molecular weight is 276 g/mol. The Morgan fingerprint density at radius 2 is 1.68 bits per heavy atom. The van der Waals surface area contributed by atoms with E-state index < -0.39 is 0 Å². The molecule has 3 N–H and O–H groups in total. The maximum absolute atomic E-state index is 10.1. The largest absolute Gasteiger partial charge is 0.506 e. The van der Waals surface area contributed by atoms with Gasteiger partial charge in [0, 0.05) is 11.6 Å². The highest BCUT2D eigenvalue weighted by Crippen LogP contribution is 2.37. The molecule has 19 heavy (non-hydrogen) atoms. The summed E-state index contributed by atoms with van der Waals surface area (Å²) >= 11 is 6.11. The fourth-order valence-corrected chi connectivity index (χ4v) is 2.26. The van der Waals surface area contributed by atoms with E-state index in [4.69, 9.17) is 17.3 Å². The predicted octanol–water partition coefficient (Wildman–Crippen LogP) is 4.37. The first-order valence-electron chi connectivity index (χ1n) is 6.34. The van der Waals surface area contributed by atoms with E-state index in [0.717, 1.165) is 11.1 Å². The van der Waals surface area contributed by atoms with Crippen LogP contribution in [0, 0.1) is 5.92 Å². The SMILES string of the molecule is CC(C)C(N)c1cc(-c2ccccc2)cc(Cl)c1O. The Balaban J connectivity index is 2.54. The molecule has 1 unspecified atom stereocenters. The highest BCUT2D eigenvalue weighted by atomic mass is 35.5. The van der Waals surface area contributed by atoms with Gasteiger partial charge in [-0.15, -0.1) is 0 Å². The maximum atomic E-state index is 10.1. The second kappa shape index (κ2) is 5.64. The van der Waals surface area contributed by atoms with Gasteiger partial charge in [0.05, 0.1) is 5.02 Å². The van der Waals surface area contributed by atoms with Gasteiger partial charge in [-0.05, 0) is 29.2 Å². The van der Waals surface area contributed by atoms with Crippen LogP contribution in [0.15, 0.2) is 42.5 Å². The van der Waals surface area contributed by atoms with Gasteiger partial charge < -0.3 is 10.8 Å². The van der Waals surface area contributed by atoms with Gasteiger partial charge in [-0.3, -0.25) is 0 Å². The van der Waals surface area contributed by atoms with Gasteiger partial charge in [-0.2, -0.15) is 0 Å². The lowest BCUT2D eigenvalue weighted by molar-refractivity contribution is 0.440. The summed E-state index contributed by atoms with van der Waals surface area (Å²) in [5.74, 6) is 0.315. The highest BCUT2D eigenvalue weighted by Gasteiger charge is 2.18. The molecule has 0 saturated carbocycles. The number of nitrogens with two attached hydrogens (primary N) is 1. The molecule has 0 fully saturated rings. The van der Waals surface area contributed by atoms with Crippen molar-refractivity contribution < 1.29 is 5.11 Å². The van der Waals surface area contributed by atoms with Gasteiger partial charge in [0.2, 0.25) is 0 Å². The molecule has 0 radical (unpaired) electrons. The van der Waals surface area contributed by atoms with Crippen LogP contribution in [-0.4, -0.2) is 5.11 Å². The van der Waals surface area contributed by atoms with E-state index in [-0.39, 0.29) is 17.7 Å². The second-order valence-corrected chi connectivity index (χ2v) is 5.44. The summed E-state index contributed by atoms with van der Waals surface area (Å²) in [7, 11) is 0. The van der Waals surface area contributed by atoms with Crippen molar-refractivity contribution in [1.29, 1.82) is 0 Å². The highest BCUT2D eigenvalue weighted by molar-refractivity contribution is 6.32. The van der Waals surface area contributed by atoms with Crippen molar-refractivity contribution in [3.05, 3.63) is 53.1 Å². The Kier molecular flexibility index (Phi) is 4.13. The van der Waals surface area contributed by atoms with E-state index in [9.17, 15) is 5.11 Å². The monoisotopic (exact) mass is 275 g/mol. The lowest BCUT2D eigenvalue weighted by Crippen LogP contribution is -2.17. The maximum Gasteiger partial charge on any atom is 0.138 e. The first-order valence-corrected chi connectivity index (χ1v) is 6.72. The van der Waals surface area contributed by atoms with Gasteiger partial charge >= 0.3 is 0 Å². The van der Waals surface area contributed by atoms with Crippen molar-refractivity contribution >= 4 is 11.6 Å². The van der Waals surface area contributed by atoms with Gasteiger partial charge in [0.25, 0.3) is 0 Å². The standard InChI is InChI=1S/C16H18ClNO/c1-10(2)15(18)13-8-12(9-14(17)16(13)19)11-6-4-3-5-7-11/h3-10,15,19H,18H2,1-2H3. The summed E-state index contributed by atoms with van der Waals surface area (Å²) in [5, 5.41) is 10.4. The zero-order valence-electron chi connectivity index (χ0n) is 11.1. The second-order valence-electron chi connectivity index (χ2n) is 5.03. The van der Waals surface area contributed by atoms with E-state index >= 15 is 0 Å². The number of hydrogen-bond donors (Lipinski definition) is 2. The molecule has 2 aromatic carbocycles. The van der Waals surface area contributed by atoms with Crippen LogP contribution in [0.2, 0.25) is 5.02 Å². The molecule has 0 saturated heterocycles. The molecule has 1 atom stereocenters. The molecule has 0 aliphatic rings. The number of aromatic hydroxyl groups is 1. The number of halogens is 1. The van der Waals surface area contributed by atoms with Crippen molar-refractivity contribution in [3.8, 4) is 16.9 Å². The van der Waals surface area contributed by atoms with Crippen LogP contribution < -0.4 is 5.73 Å². The lowest BCUT2D eigenvalue weighted by Gasteiger charge is -2.19. The topological polar surface area (TPSA) is 46.2 Å². The molecule has 0 aromatic heterocycles. The minimum atomic E-state index is -0.235. The van der Waals surface area contributed by atoms with E-state index in [1.165, 1.54) is 0 Å². The Labute approximate surface area is 118 Å². The van der Waals surface area contributed by atoms with E-state index in [2.05, 4.69) is 0 Å². The third-order valence-corrected chi connectivity index (χ3v) is 3.57. The predicted molar refractivity (Wildman–Crippen MR) is 80.3 cm³/mol. The first-order chi connectivity index (χ1) is 9.00. The van der Waals surface area contributed by atoms with Crippen molar-refractivity contribution in [2.24, 2.45) is 11.7 Å². The third kappa shape index (κ3) is 2.91. The summed E-state index contributed by atoms with van der Waals surface area (Å²) in [5.41, 5.74) is 8.86. The summed E-state index contributed by atoms with van der Waals surface area (Å²) in [4.78, 5) is 0. The molecule has 2 nitrogen and oxygen atoms in total. The molecule has 0 amide bonds. The minimum absolute atomic E-state index is 0.0857. The van der Waals surface area contributed by atoms with Gasteiger partial charge in [0.15, 0.2) is 0 Å². The van der Waals surface area contributed by atoms with Crippen LogP contribution in [0.4, 0.5) is 0 Å². The molecule has 0 heterocycles. The lowest BCUT2D eigenvalue weighted by atomic mass is 9.93. The zero-order valence-corrected chi connectivity index (χ0v) is 11.9. The van der Waals surface area contributed by atoms with Crippen molar-refractivity contribution in [1.82, 2.24) is 0 Å². The molecule has 0 aliphatic carbocycles. The molecule has 0 bridgehead atoms. The van der Waals surface area contributed by atoms with Crippen LogP contribution >= 0.6 is 11.6 Å². The van der Waals surface area contributed by atoms with E-state index in [1.807, 2.05) is 50.2 Å². The van der Waals surface area contributed by atoms with Gasteiger partial charge in [0.1, 0.15) is 5.75 Å². The summed E-state index contributed by atoms with van der Waals surface area (Å²) in [6.07, 6.45) is 0. The smallest absolute Gasteiger partial charge is 0.138 e. The summed E-state index contributed by atoms with van der Waals surface area (Å²) < 4.78 is 0. The van der Waals surface area contributed by atoms with Crippen LogP contribution in [0.5, 0.6) is 5.75 Å². The van der Waals surface area contributed by atoms with Crippen LogP contribution in [-0.2, 0) is 0 Å². The summed E-state index contributed by atoms with van der Waals surface area (Å²) in [6.45, 7) is 4.04. The van der Waals surface area contributed by atoms with E-state index in [0.29, 0.717) is 10.6 Å². The van der Waals surface area contributed by atoms with Crippen LogP contribution in [0.25, 0.3) is 11.1 Å². The van der Waals surface area contributed by atoms with Crippen LogP contribution in [0.3, 0.4) is 0 Å². The molecule has 0 spiro atoms. The first kappa shape index (κ1) is 13.9. The fraction of sp³-hybridized carbons (Fsp3) is 0.250. The molecule has 100 valence electrons. The molecule has 2 rings (SSSR count). The normalized spacial score (nSPS) is 12.7. The minimum Gasteiger partial charge on any atom is -0.506 e. The number of hydrogen-bond acceptors (Lipinski definition) is 2. The number of phenols is 1. The summed E-state index contributed by atoms with van der Waals surface area (Å²) in [6, 6.07) is 13.4. The number of rotatable bonds is 3. The van der Waals surface area contributed by atoms with Crippen molar-refractivity contribution in [2.45, 2.75) is 19.9 Å². The average Bonchev–Trinajstić information content (AvgIpc) is 2.41. The fourth-order valence-electron chi connectivity index (χ4n) is 2.03. The Morgan fingerprint density at radius 3 is 2.26 bits per heavy atom. The van der Waals surface area contributed by atoms with Crippen molar-refractivity contribution in [2.75, 3.05) is 0 Å².